The van der Waals surface area contributed by atoms with Crippen molar-refractivity contribution >= 4 is 17.7 Å². The molecule has 0 radical (unpaired) electrons. The highest BCUT2D eigenvalue weighted by Crippen LogP contribution is 2.22. The number of rotatable bonds is 6. The number of amides is 1. The van der Waals surface area contributed by atoms with Gasteiger partial charge in [-0.05, 0) is 44.0 Å². The molecule has 1 fully saturated rings. The molecule has 8 heteroatoms. The second kappa shape index (κ2) is 7.25. The Morgan fingerprint density at radius 1 is 1.27 bits per heavy atom. The van der Waals surface area contributed by atoms with E-state index >= 15 is 0 Å². The summed E-state index contributed by atoms with van der Waals surface area (Å²) in [6, 6.07) is 9.93. The summed E-state index contributed by atoms with van der Waals surface area (Å²) < 4.78 is 1.64. The van der Waals surface area contributed by atoms with E-state index in [9.17, 15) is 4.79 Å². The van der Waals surface area contributed by atoms with E-state index in [2.05, 4.69) is 25.6 Å². The Balaban J connectivity index is 1.45. The van der Waals surface area contributed by atoms with Gasteiger partial charge >= 0.3 is 0 Å². The molecule has 3 heterocycles. The normalized spacial score (nSPS) is 13.6. The van der Waals surface area contributed by atoms with Crippen molar-refractivity contribution in [3.05, 3.63) is 59.7 Å². The summed E-state index contributed by atoms with van der Waals surface area (Å²) in [7, 11) is 0. The zero-order chi connectivity index (χ0) is 17.9. The first kappa shape index (κ1) is 16.7. The van der Waals surface area contributed by atoms with Gasteiger partial charge in [-0.15, -0.1) is 10.2 Å². The van der Waals surface area contributed by atoms with Crippen LogP contribution in [0.4, 0.5) is 0 Å². The SMILES string of the molecule is Cc1c(C(=O)NC2CC2)cnn1-c1ccc(SCc2ccccn2)nn1. The fraction of sp³-hybridized carbons (Fsp3) is 0.278. The maximum atomic E-state index is 12.2. The number of nitrogens with zero attached hydrogens (tertiary/aromatic N) is 5. The van der Waals surface area contributed by atoms with E-state index in [1.165, 1.54) is 0 Å². The van der Waals surface area contributed by atoms with Crippen molar-refractivity contribution in [1.82, 2.24) is 30.3 Å². The average Bonchev–Trinajstić information content (AvgIpc) is 3.40. The van der Waals surface area contributed by atoms with E-state index in [-0.39, 0.29) is 5.91 Å². The quantitative estimate of drug-likeness (QED) is 0.675. The Bertz CT molecular complexity index is 905. The first-order valence-electron chi connectivity index (χ1n) is 8.43. The molecule has 3 aromatic rings. The van der Waals surface area contributed by atoms with E-state index in [0.717, 1.165) is 35.0 Å². The third-order valence-electron chi connectivity index (χ3n) is 4.10. The lowest BCUT2D eigenvalue weighted by atomic mass is 10.2. The van der Waals surface area contributed by atoms with Gasteiger partial charge in [0.05, 0.1) is 23.1 Å². The molecule has 1 aliphatic rings. The Labute approximate surface area is 155 Å². The number of carbonyl (C=O) groups is 1. The molecule has 1 saturated carbocycles. The highest BCUT2D eigenvalue weighted by Gasteiger charge is 2.25. The summed E-state index contributed by atoms with van der Waals surface area (Å²) in [5.74, 6) is 1.25. The Hall–Kier alpha value is -2.74. The first-order chi connectivity index (χ1) is 12.7. The van der Waals surface area contributed by atoms with Crippen molar-refractivity contribution in [2.24, 2.45) is 0 Å². The molecule has 0 saturated heterocycles. The molecule has 0 aromatic carbocycles. The minimum Gasteiger partial charge on any atom is -0.349 e. The highest BCUT2D eigenvalue weighted by atomic mass is 32.2. The molecule has 132 valence electrons. The van der Waals surface area contributed by atoms with Crippen LogP contribution in [0.2, 0.25) is 0 Å². The standard InChI is InChI=1S/C18H18N6OS/c1-12-15(18(25)21-13-5-6-13)10-20-24(12)16-7-8-17(23-22-16)26-11-14-4-2-3-9-19-14/h2-4,7-10,13H,5-6,11H2,1H3,(H,21,25). The van der Waals surface area contributed by atoms with Gasteiger partial charge in [0.15, 0.2) is 5.82 Å². The van der Waals surface area contributed by atoms with E-state index in [1.807, 2.05) is 37.3 Å². The molecule has 0 bridgehead atoms. The summed E-state index contributed by atoms with van der Waals surface area (Å²) in [6.07, 6.45) is 5.48. The number of pyridine rings is 1. The van der Waals surface area contributed by atoms with Crippen molar-refractivity contribution in [3.63, 3.8) is 0 Å². The summed E-state index contributed by atoms with van der Waals surface area (Å²) in [5, 5.41) is 16.6. The third-order valence-corrected chi connectivity index (χ3v) is 5.06. The molecule has 3 aromatic heterocycles. The molecule has 4 rings (SSSR count). The summed E-state index contributed by atoms with van der Waals surface area (Å²) >= 11 is 1.58. The predicted molar refractivity (Wildman–Crippen MR) is 98.2 cm³/mol. The van der Waals surface area contributed by atoms with Crippen LogP contribution in [0.15, 0.2) is 47.8 Å². The molecule has 0 aliphatic heterocycles. The van der Waals surface area contributed by atoms with Crippen LogP contribution in [0.1, 0.15) is 34.6 Å². The zero-order valence-electron chi connectivity index (χ0n) is 14.3. The summed E-state index contributed by atoms with van der Waals surface area (Å²) in [6.45, 7) is 1.86. The molecule has 0 unspecified atom stereocenters. The largest absolute Gasteiger partial charge is 0.349 e. The Morgan fingerprint density at radius 2 is 2.15 bits per heavy atom. The van der Waals surface area contributed by atoms with Crippen molar-refractivity contribution in [2.75, 3.05) is 0 Å². The van der Waals surface area contributed by atoms with Crippen molar-refractivity contribution < 1.29 is 4.79 Å². The summed E-state index contributed by atoms with van der Waals surface area (Å²) in [4.78, 5) is 16.5. The Kier molecular flexibility index (Phi) is 4.66. The number of aromatic nitrogens is 5. The van der Waals surface area contributed by atoms with Crippen LogP contribution < -0.4 is 5.32 Å². The first-order valence-corrected chi connectivity index (χ1v) is 9.41. The highest BCUT2D eigenvalue weighted by molar-refractivity contribution is 7.98. The second-order valence-electron chi connectivity index (χ2n) is 6.14. The molecule has 0 atom stereocenters. The van der Waals surface area contributed by atoms with Gasteiger partial charge in [-0.1, -0.05) is 17.8 Å². The fourth-order valence-electron chi connectivity index (χ4n) is 2.49. The predicted octanol–water partition coefficient (Wildman–Crippen LogP) is 2.55. The lowest BCUT2D eigenvalue weighted by molar-refractivity contribution is 0.0950. The monoisotopic (exact) mass is 366 g/mol. The molecule has 7 nitrogen and oxygen atoms in total. The number of hydrogen-bond donors (Lipinski definition) is 1. The molecule has 0 spiro atoms. The minimum absolute atomic E-state index is 0.0771. The van der Waals surface area contributed by atoms with Crippen LogP contribution in [0.5, 0.6) is 0 Å². The zero-order valence-corrected chi connectivity index (χ0v) is 15.1. The smallest absolute Gasteiger partial charge is 0.254 e. The van der Waals surface area contributed by atoms with Crippen molar-refractivity contribution in [1.29, 1.82) is 0 Å². The molecule has 1 N–H and O–H groups in total. The second-order valence-corrected chi connectivity index (χ2v) is 7.14. The fourth-order valence-corrected chi connectivity index (χ4v) is 3.22. The van der Waals surface area contributed by atoms with E-state index in [0.29, 0.717) is 17.4 Å². The number of hydrogen-bond acceptors (Lipinski definition) is 6. The third kappa shape index (κ3) is 3.75. The van der Waals surface area contributed by atoms with Gasteiger partial charge in [0.25, 0.3) is 5.91 Å². The number of carbonyl (C=O) groups excluding carboxylic acids is 1. The van der Waals surface area contributed by atoms with Crippen molar-refractivity contribution in [3.8, 4) is 5.82 Å². The maximum absolute atomic E-state index is 12.2. The van der Waals surface area contributed by atoms with Crippen LogP contribution >= 0.6 is 11.8 Å². The van der Waals surface area contributed by atoms with Gasteiger partial charge in [-0.3, -0.25) is 9.78 Å². The number of thioether (sulfide) groups is 1. The Morgan fingerprint density at radius 3 is 2.85 bits per heavy atom. The lowest BCUT2D eigenvalue weighted by Crippen LogP contribution is -2.25. The molecule has 1 amide bonds. The van der Waals surface area contributed by atoms with Crippen LogP contribution in [0, 0.1) is 6.92 Å². The van der Waals surface area contributed by atoms with Gasteiger partial charge in [-0.25, -0.2) is 4.68 Å². The van der Waals surface area contributed by atoms with Gasteiger partial charge in [0.2, 0.25) is 0 Å². The number of nitrogens with one attached hydrogen (secondary N) is 1. The van der Waals surface area contributed by atoms with E-state index < -0.39 is 0 Å². The molecule has 1 aliphatic carbocycles. The molecular weight excluding hydrogens is 348 g/mol. The topological polar surface area (TPSA) is 85.6 Å². The molecule has 26 heavy (non-hydrogen) atoms. The lowest BCUT2D eigenvalue weighted by Gasteiger charge is -2.05. The van der Waals surface area contributed by atoms with Crippen LogP contribution in [-0.2, 0) is 5.75 Å². The van der Waals surface area contributed by atoms with Gasteiger partial charge in [0, 0.05) is 18.0 Å². The van der Waals surface area contributed by atoms with Crippen LogP contribution in [0.25, 0.3) is 5.82 Å². The van der Waals surface area contributed by atoms with Crippen LogP contribution in [0.3, 0.4) is 0 Å². The van der Waals surface area contributed by atoms with E-state index in [1.54, 1.807) is 28.8 Å². The van der Waals surface area contributed by atoms with Gasteiger partial charge in [0.1, 0.15) is 5.03 Å². The maximum Gasteiger partial charge on any atom is 0.254 e. The van der Waals surface area contributed by atoms with Gasteiger partial charge in [-0.2, -0.15) is 5.10 Å². The minimum atomic E-state index is -0.0771. The van der Waals surface area contributed by atoms with Gasteiger partial charge < -0.3 is 5.32 Å². The summed E-state index contributed by atoms with van der Waals surface area (Å²) in [5.41, 5.74) is 2.33. The molecular formula is C18H18N6OS. The average molecular weight is 366 g/mol. The van der Waals surface area contributed by atoms with E-state index in [4.69, 9.17) is 0 Å². The van der Waals surface area contributed by atoms with Crippen LogP contribution in [-0.4, -0.2) is 36.9 Å². The van der Waals surface area contributed by atoms with Crippen molar-refractivity contribution in [2.45, 2.75) is 36.6 Å².